The van der Waals surface area contributed by atoms with Crippen LogP contribution in [0, 0.1) is 0 Å². The molecule has 0 radical (unpaired) electrons. The first-order chi connectivity index (χ1) is 9.46. The first kappa shape index (κ1) is 14.8. The summed E-state index contributed by atoms with van der Waals surface area (Å²) in [5.74, 6) is 0.295. The predicted molar refractivity (Wildman–Crippen MR) is 80.5 cm³/mol. The molecule has 0 spiro atoms. The van der Waals surface area contributed by atoms with Gasteiger partial charge in [-0.1, -0.05) is 15.9 Å². The molecule has 0 aliphatic carbocycles. The number of rotatable bonds is 4. The van der Waals surface area contributed by atoms with Gasteiger partial charge in [-0.15, -0.1) is 0 Å². The zero-order chi connectivity index (χ0) is 14.8. The highest BCUT2D eigenvalue weighted by atomic mass is 79.9. The molecule has 2 aromatic rings. The normalized spacial score (nSPS) is 11.2. The number of anilines is 1. The van der Waals surface area contributed by atoms with Crippen LogP contribution in [-0.4, -0.2) is 27.6 Å². The average molecular weight is 357 g/mol. The molecule has 5 nitrogen and oxygen atoms in total. The van der Waals surface area contributed by atoms with Gasteiger partial charge in [-0.25, -0.2) is 8.42 Å². The van der Waals surface area contributed by atoms with Crippen molar-refractivity contribution in [2.75, 3.05) is 18.5 Å². The van der Waals surface area contributed by atoms with E-state index in [9.17, 15) is 8.42 Å². The number of pyridine rings is 1. The quantitative estimate of drug-likeness (QED) is 0.844. The Bertz CT molecular complexity index is 705. The summed E-state index contributed by atoms with van der Waals surface area (Å²) in [6.07, 6.45) is 3.08. The molecule has 0 saturated carbocycles. The van der Waals surface area contributed by atoms with Crippen LogP contribution < -0.4 is 9.04 Å². The number of methoxy groups -OCH3 is 1. The summed E-state index contributed by atoms with van der Waals surface area (Å²) in [6, 6.07) is 8.20. The number of hydrogen-bond donors (Lipinski definition) is 0. The van der Waals surface area contributed by atoms with Gasteiger partial charge >= 0.3 is 0 Å². The largest absolute Gasteiger partial charge is 0.495 e. The van der Waals surface area contributed by atoms with Crippen LogP contribution in [0.5, 0.6) is 5.75 Å². The molecule has 7 heteroatoms. The topological polar surface area (TPSA) is 59.5 Å². The number of hydrogen-bond acceptors (Lipinski definition) is 4. The van der Waals surface area contributed by atoms with Crippen molar-refractivity contribution in [3.8, 4) is 5.75 Å². The smallest absolute Gasteiger partial charge is 0.267 e. The van der Waals surface area contributed by atoms with Crippen molar-refractivity contribution in [2.24, 2.45) is 0 Å². The summed E-state index contributed by atoms with van der Waals surface area (Å²) in [6.45, 7) is 0. The lowest BCUT2D eigenvalue weighted by atomic mass is 10.3. The van der Waals surface area contributed by atoms with Crippen molar-refractivity contribution >= 4 is 31.6 Å². The van der Waals surface area contributed by atoms with E-state index in [0.29, 0.717) is 15.9 Å². The van der Waals surface area contributed by atoms with E-state index >= 15 is 0 Å². The zero-order valence-corrected chi connectivity index (χ0v) is 13.3. The van der Waals surface area contributed by atoms with Crippen LogP contribution in [0.3, 0.4) is 0 Å². The molecule has 1 aromatic carbocycles. The van der Waals surface area contributed by atoms with Gasteiger partial charge in [-0.3, -0.25) is 9.29 Å². The molecule has 0 saturated heterocycles. The van der Waals surface area contributed by atoms with Gasteiger partial charge in [0.15, 0.2) is 0 Å². The van der Waals surface area contributed by atoms with Crippen LogP contribution in [-0.2, 0) is 10.0 Å². The first-order valence-electron chi connectivity index (χ1n) is 5.69. The molecule has 0 N–H and O–H groups in total. The van der Waals surface area contributed by atoms with Crippen LogP contribution >= 0.6 is 15.9 Å². The lowest BCUT2D eigenvalue weighted by Crippen LogP contribution is -2.27. The molecule has 0 amide bonds. The summed E-state index contributed by atoms with van der Waals surface area (Å²) >= 11 is 3.27. The first-order valence-corrected chi connectivity index (χ1v) is 7.92. The third-order valence-corrected chi connectivity index (χ3v) is 5.07. The molecule has 0 atom stereocenters. The average Bonchev–Trinajstić information content (AvgIpc) is 2.47. The number of ether oxygens (including phenoxy) is 1. The van der Waals surface area contributed by atoms with Crippen LogP contribution in [0.4, 0.5) is 5.69 Å². The highest BCUT2D eigenvalue weighted by Gasteiger charge is 2.25. The minimum Gasteiger partial charge on any atom is -0.495 e. The molecular weight excluding hydrogens is 344 g/mol. The molecule has 2 rings (SSSR count). The Balaban J connectivity index is 2.53. The van der Waals surface area contributed by atoms with Crippen molar-refractivity contribution < 1.29 is 13.2 Å². The molecule has 20 heavy (non-hydrogen) atoms. The van der Waals surface area contributed by atoms with E-state index in [2.05, 4.69) is 20.9 Å². The Kier molecular flexibility index (Phi) is 4.29. The monoisotopic (exact) mass is 356 g/mol. The Hall–Kier alpha value is -1.60. The van der Waals surface area contributed by atoms with Gasteiger partial charge in [0.05, 0.1) is 19.0 Å². The van der Waals surface area contributed by atoms with E-state index < -0.39 is 10.0 Å². The van der Waals surface area contributed by atoms with Crippen LogP contribution in [0.1, 0.15) is 0 Å². The number of aromatic nitrogens is 1. The maximum absolute atomic E-state index is 12.7. The molecular formula is C13H13BrN2O3S. The van der Waals surface area contributed by atoms with Gasteiger partial charge in [0.2, 0.25) is 0 Å². The Labute approximate surface area is 126 Å². The molecule has 0 fully saturated rings. The van der Waals surface area contributed by atoms with Gasteiger partial charge < -0.3 is 4.74 Å². The molecule has 0 aliphatic heterocycles. The second kappa shape index (κ2) is 5.80. The number of benzene rings is 1. The fraction of sp³-hybridized carbons (Fsp3) is 0.154. The predicted octanol–water partition coefficient (Wildman–Crippen LogP) is 2.68. The molecule has 1 aromatic heterocycles. The van der Waals surface area contributed by atoms with E-state index in [4.69, 9.17) is 4.74 Å². The Morgan fingerprint density at radius 2 is 2.05 bits per heavy atom. The van der Waals surface area contributed by atoms with E-state index in [1.54, 1.807) is 30.5 Å². The Morgan fingerprint density at radius 1 is 1.30 bits per heavy atom. The van der Waals surface area contributed by atoms with Crippen molar-refractivity contribution in [3.05, 3.63) is 47.2 Å². The summed E-state index contributed by atoms with van der Waals surface area (Å²) < 4.78 is 32.3. The van der Waals surface area contributed by atoms with Crippen molar-refractivity contribution in [1.29, 1.82) is 0 Å². The molecule has 0 unspecified atom stereocenters. The van der Waals surface area contributed by atoms with Crippen LogP contribution in [0.2, 0.25) is 0 Å². The number of halogens is 1. The molecule has 106 valence electrons. The highest BCUT2D eigenvalue weighted by molar-refractivity contribution is 9.10. The number of sulfonamides is 1. The summed E-state index contributed by atoms with van der Waals surface area (Å²) in [5, 5.41) is 0. The van der Waals surface area contributed by atoms with Crippen molar-refractivity contribution in [3.63, 3.8) is 0 Å². The maximum Gasteiger partial charge on any atom is 0.267 e. The lowest BCUT2D eigenvalue weighted by molar-refractivity contribution is 0.402. The lowest BCUT2D eigenvalue weighted by Gasteiger charge is -2.20. The zero-order valence-electron chi connectivity index (χ0n) is 10.9. The fourth-order valence-electron chi connectivity index (χ4n) is 1.68. The van der Waals surface area contributed by atoms with Gasteiger partial charge in [-0.2, -0.15) is 0 Å². The van der Waals surface area contributed by atoms with E-state index in [0.717, 1.165) is 0 Å². The second-order valence-electron chi connectivity index (χ2n) is 3.98. The molecule has 0 aliphatic rings. The minimum absolute atomic E-state index is 0.0979. The van der Waals surface area contributed by atoms with E-state index in [-0.39, 0.29) is 4.90 Å². The number of nitrogens with zero attached hydrogens (tertiary/aromatic N) is 2. The van der Waals surface area contributed by atoms with E-state index in [1.807, 2.05) is 0 Å². The SMILES string of the molecule is COc1ccc(Br)cc1S(=O)(=O)N(C)c1cccnc1. The fourth-order valence-corrected chi connectivity index (χ4v) is 3.55. The van der Waals surface area contributed by atoms with Crippen LogP contribution in [0.15, 0.2) is 52.1 Å². The van der Waals surface area contributed by atoms with Gasteiger partial charge in [0.25, 0.3) is 10.0 Å². The summed E-state index contributed by atoms with van der Waals surface area (Å²) in [4.78, 5) is 4.02. The molecule has 1 heterocycles. The van der Waals surface area contributed by atoms with Gasteiger partial charge in [0.1, 0.15) is 10.6 Å². The summed E-state index contributed by atoms with van der Waals surface area (Å²) in [5.41, 5.74) is 0.481. The van der Waals surface area contributed by atoms with Crippen molar-refractivity contribution in [1.82, 2.24) is 4.98 Å². The van der Waals surface area contributed by atoms with Gasteiger partial charge in [-0.05, 0) is 30.3 Å². The standard InChI is InChI=1S/C13H13BrN2O3S/c1-16(11-4-3-7-15-9-11)20(17,18)13-8-10(14)5-6-12(13)19-2/h3-9H,1-2H3. The second-order valence-corrected chi connectivity index (χ2v) is 6.83. The van der Waals surface area contributed by atoms with E-state index in [1.165, 1.54) is 30.7 Å². The van der Waals surface area contributed by atoms with Gasteiger partial charge in [0, 0.05) is 17.7 Å². The Morgan fingerprint density at radius 3 is 2.65 bits per heavy atom. The summed E-state index contributed by atoms with van der Waals surface area (Å²) in [7, 11) is -0.803. The van der Waals surface area contributed by atoms with Crippen molar-refractivity contribution in [2.45, 2.75) is 4.90 Å². The molecule has 0 bridgehead atoms. The minimum atomic E-state index is -3.72. The maximum atomic E-state index is 12.7. The third kappa shape index (κ3) is 2.78. The van der Waals surface area contributed by atoms with Crippen LogP contribution in [0.25, 0.3) is 0 Å². The highest BCUT2D eigenvalue weighted by Crippen LogP contribution is 2.31. The third-order valence-electron chi connectivity index (χ3n) is 2.77.